The highest BCUT2D eigenvalue weighted by atomic mass is 31.2. The van der Waals surface area contributed by atoms with Gasteiger partial charge in [0.05, 0.1) is 6.61 Å². The van der Waals surface area contributed by atoms with E-state index in [2.05, 4.69) is 30.5 Å². The third-order valence-electron chi connectivity index (χ3n) is 10.3. The summed E-state index contributed by atoms with van der Waals surface area (Å²) in [5.74, 6) is -0.872. The quantitative estimate of drug-likeness (QED) is 0.0271. The molecule has 54 heavy (non-hydrogen) atoms. The van der Waals surface area contributed by atoms with Crippen LogP contribution in [0.4, 0.5) is 0 Å². The summed E-state index contributed by atoms with van der Waals surface area (Å²) in [6.45, 7) is 3.71. The van der Waals surface area contributed by atoms with E-state index in [1.807, 2.05) is 0 Å². The zero-order valence-corrected chi connectivity index (χ0v) is 36.3. The van der Waals surface area contributed by atoms with Gasteiger partial charge in [0.2, 0.25) is 0 Å². The second-order valence-electron chi connectivity index (χ2n) is 15.7. The Morgan fingerprint density at radius 3 is 1.15 bits per heavy atom. The second kappa shape index (κ2) is 41.4. The number of hydrogen-bond acceptors (Lipinski definition) is 6. The van der Waals surface area contributed by atoms with Crippen molar-refractivity contribution in [3.63, 3.8) is 0 Å². The first-order chi connectivity index (χ1) is 26.3. The molecular formula is C45H87O8P. The largest absolute Gasteiger partial charge is 0.469 e. The van der Waals surface area contributed by atoms with Crippen LogP contribution in [0.5, 0.6) is 0 Å². The van der Waals surface area contributed by atoms with Crippen molar-refractivity contribution in [3.8, 4) is 0 Å². The van der Waals surface area contributed by atoms with Crippen LogP contribution in [0.1, 0.15) is 245 Å². The molecule has 0 aliphatic carbocycles. The molecule has 0 aromatic carbocycles. The Labute approximate surface area is 333 Å². The monoisotopic (exact) mass is 787 g/mol. The van der Waals surface area contributed by atoms with Crippen molar-refractivity contribution in [1.82, 2.24) is 0 Å². The minimum Gasteiger partial charge on any atom is -0.462 e. The van der Waals surface area contributed by atoms with E-state index in [4.69, 9.17) is 19.3 Å². The zero-order valence-electron chi connectivity index (χ0n) is 35.4. The molecule has 0 fully saturated rings. The van der Waals surface area contributed by atoms with Crippen LogP contribution in [0.25, 0.3) is 0 Å². The second-order valence-corrected chi connectivity index (χ2v) is 17.0. The molecule has 0 saturated heterocycles. The molecular weight excluding hydrogens is 699 g/mol. The van der Waals surface area contributed by atoms with Gasteiger partial charge in [-0.3, -0.25) is 14.1 Å². The molecule has 0 bridgehead atoms. The van der Waals surface area contributed by atoms with Gasteiger partial charge in [-0.2, -0.15) is 0 Å². The number of hydrogen-bond donors (Lipinski definition) is 2. The van der Waals surface area contributed by atoms with E-state index in [1.165, 1.54) is 180 Å². The number of phosphoric acid groups is 1. The molecule has 1 atom stereocenters. The number of carbonyl (C=O) groups excluding carboxylic acids is 2. The predicted molar refractivity (Wildman–Crippen MR) is 226 cm³/mol. The van der Waals surface area contributed by atoms with Gasteiger partial charge in [0, 0.05) is 12.8 Å². The Bertz CT molecular complexity index is 889. The summed E-state index contributed by atoms with van der Waals surface area (Å²) in [6.07, 6.45) is 46.5. The van der Waals surface area contributed by atoms with Gasteiger partial charge >= 0.3 is 19.8 Å². The van der Waals surface area contributed by atoms with Crippen molar-refractivity contribution in [1.29, 1.82) is 0 Å². The van der Waals surface area contributed by atoms with E-state index in [0.29, 0.717) is 6.42 Å². The fourth-order valence-corrected chi connectivity index (χ4v) is 7.20. The van der Waals surface area contributed by atoms with Gasteiger partial charge in [0.25, 0.3) is 0 Å². The van der Waals surface area contributed by atoms with Gasteiger partial charge in [0.15, 0.2) is 6.10 Å². The lowest BCUT2D eigenvalue weighted by atomic mass is 10.0. The van der Waals surface area contributed by atoms with Gasteiger partial charge < -0.3 is 19.3 Å². The van der Waals surface area contributed by atoms with Crippen LogP contribution in [0.3, 0.4) is 0 Å². The molecule has 9 heteroatoms. The van der Waals surface area contributed by atoms with Crippen molar-refractivity contribution >= 4 is 19.8 Å². The maximum Gasteiger partial charge on any atom is 0.469 e. The predicted octanol–water partition coefficient (Wildman–Crippen LogP) is 14.2. The van der Waals surface area contributed by atoms with Gasteiger partial charge in [-0.05, 0) is 38.5 Å². The summed E-state index contributed by atoms with van der Waals surface area (Å²) in [6, 6.07) is 0. The third-order valence-corrected chi connectivity index (χ3v) is 10.8. The van der Waals surface area contributed by atoms with E-state index >= 15 is 0 Å². The number of unbranched alkanes of at least 4 members (excludes halogenated alkanes) is 31. The highest BCUT2D eigenvalue weighted by Crippen LogP contribution is 2.36. The van der Waals surface area contributed by atoms with Crippen molar-refractivity contribution in [2.45, 2.75) is 251 Å². The molecule has 0 spiro atoms. The molecule has 0 amide bonds. The summed E-state index contributed by atoms with van der Waals surface area (Å²) in [5, 5.41) is 0. The summed E-state index contributed by atoms with van der Waals surface area (Å²) < 4.78 is 26.5. The van der Waals surface area contributed by atoms with E-state index in [0.717, 1.165) is 32.1 Å². The number of carbonyl (C=O) groups is 2. The standard InChI is InChI=1S/C45H87O8P/c1-3-5-7-9-11-13-15-17-19-21-22-24-26-28-30-32-34-36-38-40-45(47)53-43(42-52-54(48,49)50)41-51-44(46)39-37-35-33-31-29-27-25-23-20-18-16-14-12-10-8-6-4-2/h14,16,43H,3-13,15,17-42H2,1-2H3,(H2,48,49,50)/b16-14+/t43-/m1/s1. The van der Waals surface area contributed by atoms with Crippen LogP contribution in [-0.2, 0) is 28.2 Å². The first-order valence-electron chi connectivity index (χ1n) is 23.0. The van der Waals surface area contributed by atoms with Gasteiger partial charge in [-0.1, -0.05) is 206 Å². The van der Waals surface area contributed by atoms with Gasteiger partial charge in [0.1, 0.15) is 6.61 Å². The van der Waals surface area contributed by atoms with Gasteiger partial charge in [-0.25, -0.2) is 4.57 Å². The summed E-state index contributed by atoms with van der Waals surface area (Å²) in [5.41, 5.74) is 0. The average molecular weight is 787 g/mol. The Morgan fingerprint density at radius 2 is 0.778 bits per heavy atom. The lowest BCUT2D eigenvalue weighted by Crippen LogP contribution is -2.29. The first-order valence-corrected chi connectivity index (χ1v) is 24.5. The van der Waals surface area contributed by atoms with Crippen molar-refractivity contribution in [2.24, 2.45) is 0 Å². The fourth-order valence-electron chi connectivity index (χ4n) is 6.84. The number of phosphoric ester groups is 1. The number of ether oxygens (including phenoxy) is 2. The molecule has 0 rings (SSSR count). The van der Waals surface area contributed by atoms with E-state index in [9.17, 15) is 14.2 Å². The topological polar surface area (TPSA) is 119 Å². The number of esters is 2. The number of rotatable bonds is 43. The smallest absolute Gasteiger partial charge is 0.462 e. The Hall–Kier alpha value is -1.21. The van der Waals surface area contributed by atoms with E-state index < -0.39 is 32.5 Å². The Kier molecular flexibility index (Phi) is 40.5. The molecule has 8 nitrogen and oxygen atoms in total. The van der Waals surface area contributed by atoms with Gasteiger partial charge in [-0.15, -0.1) is 0 Å². The molecule has 0 heterocycles. The lowest BCUT2D eigenvalue weighted by molar-refractivity contribution is -0.161. The molecule has 0 aliphatic heterocycles. The maximum atomic E-state index is 12.4. The summed E-state index contributed by atoms with van der Waals surface area (Å²) in [7, 11) is -4.75. The van der Waals surface area contributed by atoms with Crippen LogP contribution in [0, 0.1) is 0 Å². The fraction of sp³-hybridized carbons (Fsp3) is 0.911. The molecule has 0 radical (unpaired) electrons. The van der Waals surface area contributed by atoms with Crippen LogP contribution >= 0.6 is 7.82 Å². The van der Waals surface area contributed by atoms with Crippen molar-refractivity contribution in [2.75, 3.05) is 13.2 Å². The maximum absolute atomic E-state index is 12.4. The highest BCUT2D eigenvalue weighted by Gasteiger charge is 2.23. The highest BCUT2D eigenvalue weighted by molar-refractivity contribution is 7.46. The lowest BCUT2D eigenvalue weighted by Gasteiger charge is -2.18. The minimum atomic E-state index is -4.75. The summed E-state index contributed by atoms with van der Waals surface area (Å²) in [4.78, 5) is 42.9. The first kappa shape index (κ1) is 52.8. The van der Waals surface area contributed by atoms with Crippen molar-refractivity contribution < 1.29 is 37.9 Å². The molecule has 0 aromatic heterocycles. The van der Waals surface area contributed by atoms with E-state index in [1.54, 1.807) is 0 Å². The van der Waals surface area contributed by atoms with Crippen LogP contribution in [0.15, 0.2) is 12.2 Å². The Morgan fingerprint density at radius 1 is 0.463 bits per heavy atom. The number of allylic oxidation sites excluding steroid dienone is 2. The molecule has 0 saturated carbocycles. The van der Waals surface area contributed by atoms with Crippen LogP contribution < -0.4 is 0 Å². The zero-order chi connectivity index (χ0) is 39.6. The summed E-state index contributed by atoms with van der Waals surface area (Å²) >= 11 is 0. The van der Waals surface area contributed by atoms with E-state index in [-0.39, 0.29) is 19.4 Å². The Balaban J connectivity index is 3.83. The van der Waals surface area contributed by atoms with Crippen molar-refractivity contribution in [3.05, 3.63) is 12.2 Å². The SMILES string of the molecule is CCCCCC/C=C/CCCCCCCCCCCC(=O)OC[C@H](COP(=O)(O)O)OC(=O)CCCCCCCCCCCCCCCCCCCCC. The van der Waals surface area contributed by atoms with Crippen LogP contribution in [0.2, 0.25) is 0 Å². The normalized spacial score (nSPS) is 12.4. The average Bonchev–Trinajstić information content (AvgIpc) is 3.14. The minimum absolute atomic E-state index is 0.218. The molecule has 2 N–H and O–H groups in total. The molecule has 320 valence electrons. The molecule has 0 aromatic rings. The van der Waals surface area contributed by atoms with Crippen LogP contribution in [-0.4, -0.2) is 41.0 Å². The molecule has 0 aliphatic rings. The molecule has 0 unspecified atom stereocenters. The third kappa shape index (κ3) is 43.5.